The quantitative estimate of drug-likeness (QED) is 0.335. The van der Waals surface area contributed by atoms with E-state index in [1.54, 1.807) is 54.5 Å². The fraction of sp³-hybridized carbons (Fsp3) is 0.536. The SMILES string of the molecule is Cc1cc(Cl)cnc1C(=O)Cc1ccc(F)c([C@@]2(C)N=C(CC(=O)OC(C)(C)C)C(C)(C)[S@@]3(=O)=NCC[C@@H]23)n1. The van der Waals surface area contributed by atoms with Crippen LogP contribution in [-0.4, -0.2) is 53.8 Å². The van der Waals surface area contributed by atoms with Gasteiger partial charge in [-0.1, -0.05) is 11.6 Å². The van der Waals surface area contributed by atoms with Crippen LogP contribution >= 0.6 is 11.6 Å². The molecule has 0 spiro atoms. The molecule has 0 saturated carbocycles. The maximum absolute atomic E-state index is 15.5. The third kappa shape index (κ3) is 5.37. The summed E-state index contributed by atoms with van der Waals surface area (Å²) >= 11 is 5.97. The molecule has 0 unspecified atom stereocenters. The van der Waals surface area contributed by atoms with Crippen molar-refractivity contribution in [3.05, 3.63) is 57.9 Å². The smallest absolute Gasteiger partial charge is 0.312 e. The standard InChI is InChI=1S/C28H34ClFN4O4S/c1-16-12-17(29)15-31-24(16)20(35)13-18-8-9-19(30)25(33-18)28(7)22-10-11-32-39(22,37)27(5,6)21(34-28)14-23(36)38-26(2,3)4/h8-9,12,15,22H,10-11,13-14H2,1-7H3/t22-,28-,39+/m0/s1. The first-order valence-electron chi connectivity index (χ1n) is 12.8. The minimum absolute atomic E-state index is 0.0272. The number of carbonyl (C=O) groups is 2. The summed E-state index contributed by atoms with van der Waals surface area (Å²) in [6, 6.07) is 4.34. The van der Waals surface area contributed by atoms with Gasteiger partial charge in [-0.05, 0) is 78.6 Å². The molecule has 2 aromatic heterocycles. The maximum atomic E-state index is 15.5. The molecule has 0 fully saturated rings. The number of Topliss-reactive ketones (excluding diaryl/α,β-unsaturated/α-hetero) is 1. The predicted molar refractivity (Wildman–Crippen MR) is 149 cm³/mol. The average molecular weight is 577 g/mol. The summed E-state index contributed by atoms with van der Waals surface area (Å²) in [7, 11) is -2.98. The number of aryl methyl sites for hydroxylation is 1. The van der Waals surface area contributed by atoms with Gasteiger partial charge in [0.25, 0.3) is 0 Å². The molecule has 4 rings (SSSR count). The second-order valence-electron chi connectivity index (χ2n) is 11.7. The van der Waals surface area contributed by atoms with Crippen LogP contribution in [0.3, 0.4) is 0 Å². The molecule has 39 heavy (non-hydrogen) atoms. The number of carbonyl (C=O) groups excluding carboxylic acids is 2. The highest BCUT2D eigenvalue weighted by atomic mass is 35.5. The zero-order chi connectivity index (χ0) is 29.0. The van der Waals surface area contributed by atoms with Crippen LogP contribution in [0.1, 0.15) is 81.8 Å². The van der Waals surface area contributed by atoms with Crippen molar-refractivity contribution in [1.82, 2.24) is 9.97 Å². The fourth-order valence-corrected chi connectivity index (χ4v) is 8.78. The van der Waals surface area contributed by atoms with Gasteiger partial charge in [-0.3, -0.25) is 24.5 Å². The Morgan fingerprint density at radius 2 is 1.90 bits per heavy atom. The van der Waals surface area contributed by atoms with E-state index in [0.29, 0.717) is 35.0 Å². The molecule has 0 amide bonds. The van der Waals surface area contributed by atoms with Crippen molar-refractivity contribution in [2.45, 2.75) is 88.9 Å². The molecule has 8 nitrogen and oxygen atoms in total. The summed E-state index contributed by atoms with van der Waals surface area (Å²) in [6.07, 6.45) is 1.50. The number of hydrogen-bond acceptors (Lipinski definition) is 8. The van der Waals surface area contributed by atoms with Gasteiger partial charge < -0.3 is 4.74 Å². The van der Waals surface area contributed by atoms with Gasteiger partial charge in [0.05, 0.1) is 37.6 Å². The van der Waals surface area contributed by atoms with E-state index in [4.69, 9.17) is 21.3 Å². The van der Waals surface area contributed by atoms with Crippen molar-refractivity contribution in [2.24, 2.45) is 9.36 Å². The molecule has 0 aliphatic carbocycles. The molecular formula is C28H34ClFN4O4S. The van der Waals surface area contributed by atoms with Gasteiger partial charge in [0, 0.05) is 24.1 Å². The number of aliphatic imine (C=N–C) groups is 1. The Morgan fingerprint density at radius 3 is 2.54 bits per heavy atom. The first kappa shape index (κ1) is 29.3. The van der Waals surface area contributed by atoms with Crippen molar-refractivity contribution in [1.29, 1.82) is 0 Å². The summed E-state index contributed by atoms with van der Waals surface area (Å²) in [6.45, 7) is 12.6. The van der Waals surface area contributed by atoms with Gasteiger partial charge in [0.1, 0.15) is 28.3 Å². The first-order chi connectivity index (χ1) is 18.0. The Bertz CT molecular complexity index is 1510. The number of pyridine rings is 2. The molecule has 0 saturated heterocycles. The van der Waals surface area contributed by atoms with Gasteiger partial charge in [-0.15, -0.1) is 0 Å². The summed E-state index contributed by atoms with van der Waals surface area (Å²) in [5.41, 5.74) is -0.581. The second-order valence-corrected chi connectivity index (χ2v) is 15.2. The highest BCUT2D eigenvalue weighted by molar-refractivity contribution is 7.96. The molecule has 2 aromatic rings. The Morgan fingerprint density at radius 1 is 1.21 bits per heavy atom. The Balaban J connectivity index is 1.78. The van der Waals surface area contributed by atoms with Gasteiger partial charge in [0.2, 0.25) is 0 Å². The van der Waals surface area contributed by atoms with Crippen LogP contribution in [0.5, 0.6) is 0 Å². The highest BCUT2D eigenvalue weighted by Gasteiger charge is 2.58. The Kier molecular flexibility index (Phi) is 7.53. The van der Waals surface area contributed by atoms with E-state index >= 15 is 4.39 Å². The number of hydrogen-bond donors (Lipinski definition) is 0. The molecule has 0 radical (unpaired) electrons. The fourth-order valence-electron chi connectivity index (χ4n) is 5.31. The number of halogens is 2. The third-order valence-electron chi connectivity index (χ3n) is 7.25. The number of ketones is 1. The van der Waals surface area contributed by atoms with Crippen LogP contribution in [0.2, 0.25) is 5.02 Å². The molecule has 2 aliphatic rings. The van der Waals surface area contributed by atoms with Crippen LogP contribution < -0.4 is 0 Å². The largest absolute Gasteiger partial charge is 0.460 e. The lowest BCUT2D eigenvalue weighted by Crippen LogP contribution is -2.56. The number of nitrogens with zero attached hydrogens (tertiary/aromatic N) is 4. The highest BCUT2D eigenvalue weighted by Crippen LogP contribution is 2.48. The molecule has 4 heterocycles. The van der Waals surface area contributed by atoms with Crippen LogP contribution in [0.15, 0.2) is 33.8 Å². The van der Waals surface area contributed by atoms with Gasteiger partial charge in [0.15, 0.2) is 5.78 Å². The van der Waals surface area contributed by atoms with Crippen molar-refractivity contribution in [2.75, 3.05) is 6.54 Å². The zero-order valence-corrected chi connectivity index (χ0v) is 24.9. The van der Waals surface area contributed by atoms with E-state index in [9.17, 15) is 13.8 Å². The van der Waals surface area contributed by atoms with Crippen molar-refractivity contribution in [3.8, 4) is 0 Å². The molecule has 0 aromatic carbocycles. The monoisotopic (exact) mass is 576 g/mol. The maximum Gasteiger partial charge on any atom is 0.312 e. The zero-order valence-electron chi connectivity index (χ0n) is 23.3. The van der Waals surface area contributed by atoms with Gasteiger partial charge in [-0.2, -0.15) is 0 Å². The van der Waals surface area contributed by atoms with E-state index in [0.717, 1.165) is 0 Å². The average Bonchev–Trinajstić information content (AvgIpc) is 3.22. The number of esters is 1. The Labute approximate surface area is 234 Å². The van der Waals surface area contributed by atoms with Crippen molar-refractivity contribution < 1.29 is 22.9 Å². The molecule has 2 aliphatic heterocycles. The summed E-state index contributed by atoms with van der Waals surface area (Å²) < 4.78 is 39.0. The Hall–Kier alpha value is -2.72. The van der Waals surface area contributed by atoms with E-state index in [2.05, 4.69) is 14.3 Å². The van der Waals surface area contributed by atoms with E-state index in [1.807, 2.05) is 0 Å². The molecule has 3 atom stereocenters. The number of fused-ring (bicyclic) bond motifs is 1. The van der Waals surface area contributed by atoms with Crippen LogP contribution in [0.25, 0.3) is 0 Å². The topological polar surface area (TPSA) is 111 Å². The van der Waals surface area contributed by atoms with E-state index in [-0.39, 0.29) is 30.0 Å². The summed E-state index contributed by atoms with van der Waals surface area (Å²) in [5, 5.41) is -0.208. The summed E-state index contributed by atoms with van der Waals surface area (Å²) in [5.74, 6) is -1.45. The van der Waals surface area contributed by atoms with Crippen molar-refractivity contribution in [3.63, 3.8) is 0 Å². The number of ether oxygens (including phenoxy) is 1. The van der Waals surface area contributed by atoms with Gasteiger partial charge >= 0.3 is 5.97 Å². The van der Waals surface area contributed by atoms with Crippen LogP contribution in [0, 0.1) is 12.7 Å². The second kappa shape index (κ2) is 10.0. The van der Waals surface area contributed by atoms with Gasteiger partial charge in [-0.25, -0.2) is 13.0 Å². The normalized spacial score (nSPS) is 25.9. The van der Waals surface area contributed by atoms with Crippen LogP contribution in [-0.2, 0) is 31.2 Å². The molecule has 0 bridgehead atoms. The summed E-state index contributed by atoms with van der Waals surface area (Å²) in [4.78, 5) is 39.5. The third-order valence-corrected chi connectivity index (χ3v) is 11.2. The minimum Gasteiger partial charge on any atom is -0.460 e. The van der Waals surface area contributed by atoms with E-state index in [1.165, 1.54) is 18.3 Å². The molecule has 11 heteroatoms. The number of aromatic nitrogens is 2. The predicted octanol–water partition coefficient (Wildman–Crippen LogP) is 5.42. The lowest BCUT2D eigenvalue weighted by molar-refractivity contribution is -0.153. The lowest BCUT2D eigenvalue weighted by Gasteiger charge is -2.45. The molecule has 210 valence electrons. The minimum atomic E-state index is -2.98. The number of rotatable bonds is 6. The van der Waals surface area contributed by atoms with Crippen molar-refractivity contribution >= 4 is 38.8 Å². The first-order valence-corrected chi connectivity index (χ1v) is 14.8. The lowest BCUT2D eigenvalue weighted by atomic mass is 9.88. The van der Waals surface area contributed by atoms with E-state index < -0.39 is 42.7 Å². The van der Waals surface area contributed by atoms with Crippen LogP contribution in [0.4, 0.5) is 4.39 Å². The molecular weight excluding hydrogens is 543 g/mol. The molecule has 0 N–H and O–H groups in total.